The van der Waals surface area contributed by atoms with Crippen molar-refractivity contribution in [2.45, 2.75) is 58.7 Å². The van der Waals surface area contributed by atoms with Crippen molar-refractivity contribution in [1.29, 1.82) is 5.26 Å². The van der Waals surface area contributed by atoms with Crippen LogP contribution in [0, 0.1) is 18.3 Å². The molecular formula is C15H21BN2O2. The van der Waals surface area contributed by atoms with E-state index in [1.54, 1.807) is 6.20 Å². The van der Waals surface area contributed by atoms with Crippen LogP contribution in [-0.4, -0.2) is 23.3 Å². The van der Waals surface area contributed by atoms with E-state index in [4.69, 9.17) is 9.31 Å². The summed E-state index contributed by atoms with van der Waals surface area (Å²) in [7, 11) is -0.451. The Kier molecular flexibility index (Phi) is 3.66. The normalized spacial score (nSPS) is 21.6. The lowest BCUT2D eigenvalue weighted by molar-refractivity contribution is 0.00578. The number of hydrogen-bond donors (Lipinski definition) is 0. The number of hydrogen-bond acceptors (Lipinski definition) is 4. The third-order valence-corrected chi connectivity index (χ3v) is 4.36. The summed E-state index contributed by atoms with van der Waals surface area (Å²) in [5, 5.41) is 9.23. The maximum absolute atomic E-state index is 9.23. The third kappa shape index (κ3) is 2.34. The number of rotatable bonds is 2. The first-order valence-electron chi connectivity index (χ1n) is 6.90. The van der Waals surface area contributed by atoms with Gasteiger partial charge in [0.05, 0.1) is 23.2 Å². The average molecular weight is 272 g/mol. The average Bonchev–Trinajstić information content (AvgIpc) is 2.57. The third-order valence-electron chi connectivity index (χ3n) is 4.36. The largest absolute Gasteiger partial charge is 0.495 e. The molecule has 1 saturated heterocycles. The van der Waals surface area contributed by atoms with Gasteiger partial charge in [0, 0.05) is 11.9 Å². The molecule has 0 aliphatic carbocycles. The SMILES string of the molecule is Cc1nccc(B2OC(C)(C)C(C)(C)O2)c1C(C)C#N. The van der Waals surface area contributed by atoms with Crippen LogP contribution in [0.2, 0.25) is 0 Å². The Bertz CT molecular complexity index is 547. The highest BCUT2D eigenvalue weighted by atomic mass is 16.7. The smallest absolute Gasteiger partial charge is 0.399 e. The van der Waals surface area contributed by atoms with Gasteiger partial charge in [-0.05, 0) is 58.6 Å². The zero-order chi connectivity index (χ0) is 15.1. The molecule has 1 unspecified atom stereocenters. The topological polar surface area (TPSA) is 55.1 Å². The molecule has 4 nitrogen and oxygen atoms in total. The Balaban J connectivity index is 2.46. The van der Waals surface area contributed by atoms with Crippen molar-refractivity contribution in [3.05, 3.63) is 23.5 Å². The minimum atomic E-state index is -0.451. The Morgan fingerprint density at radius 3 is 2.30 bits per heavy atom. The van der Waals surface area contributed by atoms with Gasteiger partial charge in [0.2, 0.25) is 0 Å². The molecule has 1 fully saturated rings. The Labute approximate surface area is 121 Å². The monoisotopic (exact) mass is 272 g/mol. The molecule has 5 heteroatoms. The molecule has 1 aliphatic rings. The second-order valence-corrected chi connectivity index (χ2v) is 6.34. The van der Waals surface area contributed by atoms with Crippen molar-refractivity contribution >= 4 is 12.6 Å². The summed E-state index contributed by atoms with van der Waals surface area (Å²) in [5.41, 5.74) is 1.90. The van der Waals surface area contributed by atoms with Crippen molar-refractivity contribution in [1.82, 2.24) is 4.98 Å². The molecule has 0 N–H and O–H groups in total. The van der Waals surface area contributed by atoms with E-state index in [1.165, 1.54) is 0 Å². The van der Waals surface area contributed by atoms with Gasteiger partial charge >= 0.3 is 7.12 Å². The maximum atomic E-state index is 9.23. The minimum Gasteiger partial charge on any atom is -0.399 e. The number of nitrogens with zero attached hydrogens (tertiary/aromatic N) is 2. The van der Waals surface area contributed by atoms with Gasteiger partial charge in [-0.25, -0.2) is 0 Å². The molecule has 1 aromatic rings. The van der Waals surface area contributed by atoms with Crippen LogP contribution in [0.25, 0.3) is 0 Å². The molecule has 2 heterocycles. The standard InChI is InChI=1S/C15H21BN2O2/c1-10(9-17)13-11(2)18-8-7-12(13)16-19-14(3,4)15(5,6)20-16/h7-8,10H,1-6H3. The van der Waals surface area contributed by atoms with Gasteiger partial charge in [-0.15, -0.1) is 0 Å². The second-order valence-electron chi connectivity index (χ2n) is 6.34. The fourth-order valence-electron chi connectivity index (χ4n) is 2.40. The van der Waals surface area contributed by atoms with Crippen LogP contribution in [0.5, 0.6) is 0 Å². The lowest BCUT2D eigenvalue weighted by atomic mass is 9.73. The van der Waals surface area contributed by atoms with Crippen molar-refractivity contribution in [2.75, 3.05) is 0 Å². The molecule has 20 heavy (non-hydrogen) atoms. The van der Waals surface area contributed by atoms with E-state index in [0.717, 1.165) is 16.7 Å². The summed E-state index contributed by atoms with van der Waals surface area (Å²) in [6.07, 6.45) is 1.74. The van der Waals surface area contributed by atoms with E-state index < -0.39 is 7.12 Å². The zero-order valence-electron chi connectivity index (χ0n) is 13.0. The number of nitriles is 1. The molecule has 0 bridgehead atoms. The maximum Gasteiger partial charge on any atom is 0.495 e. The Morgan fingerprint density at radius 1 is 1.25 bits per heavy atom. The number of pyridine rings is 1. The quantitative estimate of drug-likeness (QED) is 0.775. The molecule has 1 atom stereocenters. The van der Waals surface area contributed by atoms with Gasteiger partial charge in [0.15, 0.2) is 0 Å². The molecule has 0 radical (unpaired) electrons. The van der Waals surface area contributed by atoms with Gasteiger partial charge < -0.3 is 9.31 Å². The van der Waals surface area contributed by atoms with Crippen LogP contribution >= 0.6 is 0 Å². The first-order valence-corrected chi connectivity index (χ1v) is 6.90. The van der Waals surface area contributed by atoms with E-state index >= 15 is 0 Å². The Hall–Kier alpha value is -1.38. The summed E-state index contributed by atoms with van der Waals surface area (Å²) in [4.78, 5) is 4.29. The molecule has 0 spiro atoms. The highest BCUT2D eigenvalue weighted by Crippen LogP contribution is 2.37. The molecule has 1 aromatic heterocycles. The van der Waals surface area contributed by atoms with Crippen LogP contribution in [0.1, 0.15) is 51.8 Å². The molecule has 1 aliphatic heterocycles. The van der Waals surface area contributed by atoms with Crippen molar-refractivity contribution < 1.29 is 9.31 Å². The summed E-state index contributed by atoms with van der Waals surface area (Å²) >= 11 is 0. The van der Waals surface area contributed by atoms with Crippen LogP contribution in [0.15, 0.2) is 12.3 Å². The molecule has 0 saturated carbocycles. The van der Waals surface area contributed by atoms with Crippen molar-refractivity contribution in [2.24, 2.45) is 0 Å². The highest BCUT2D eigenvalue weighted by Gasteiger charge is 2.52. The first kappa shape index (κ1) is 15.0. The van der Waals surface area contributed by atoms with Gasteiger partial charge in [-0.2, -0.15) is 5.26 Å². The second kappa shape index (κ2) is 4.87. The van der Waals surface area contributed by atoms with Gasteiger partial charge in [-0.1, -0.05) is 0 Å². The number of aromatic nitrogens is 1. The number of aryl methyl sites for hydroxylation is 1. The Morgan fingerprint density at radius 2 is 1.80 bits per heavy atom. The highest BCUT2D eigenvalue weighted by molar-refractivity contribution is 6.62. The van der Waals surface area contributed by atoms with E-state index in [2.05, 4.69) is 11.1 Å². The molecule has 0 aromatic carbocycles. The zero-order valence-corrected chi connectivity index (χ0v) is 13.0. The molecule has 0 amide bonds. The fraction of sp³-hybridized carbons (Fsp3) is 0.600. The van der Waals surface area contributed by atoms with Crippen molar-refractivity contribution in [3.8, 4) is 6.07 Å². The summed E-state index contributed by atoms with van der Waals surface area (Å²) in [5.74, 6) is -0.238. The predicted molar refractivity (Wildman–Crippen MR) is 78.7 cm³/mol. The van der Waals surface area contributed by atoms with E-state index in [9.17, 15) is 5.26 Å². The summed E-state index contributed by atoms with van der Waals surface area (Å²) in [6, 6.07) is 4.16. The van der Waals surface area contributed by atoms with Gasteiger partial charge in [0.25, 0.3) is 0 Å². The molecule has 2 rings (SSSR count). The van der Waals surface area contributed by atoms with E-state index in [-0.39, 0.29) is 17.1 Å². The fourth-order valence-corrected chi connectivity index (χ4v) is 2.40. The predicted octanol–water partition coefficient (Wildman–Crippen LogP) is 2.32. The van der Waals surface area contributed by atoms with Crippen LogP contribution in [0.4, 0.5) is 0 Å². The first-order chi connectivity index (χ1) is 9.19. The summed E-state index contributed by atoms with van der Waals surface area (Å²) in [6.45, 7) is 11.9. The van der Waals surface area contributed by atoms with E-state index in [0.29, 0.717) is 0 Å². The van der Waals surface area contributed by atoms with E-state index in [1.807, 2.05) is 47.6 Å². The molecule has 106 valence electrons. The van der Waals surface area contributed by atoms with Gasteiger partial charge in [-0.3, -0.25) is 4.98 Å². The lowest BCUT2D eigenvalue weighted by Crippen LogP contribution is -2.41. The summed E-state index contributed by atoms with van der Waals surface area (Å²) < 4.78 is 12.2. The van der Waals surface area contributed by atoms with Crippen LogP contribution in [0.3, 0.4) is 0 Å². The van der Waals surface area contributed by atoms with Gasteiger partial charge in [0.1, 0.15) is 0 Å². The van der Waals surface area contributed by atoms with Crippen LogP contribution < -0.4 is 5.46 Å². The molecular weight excluding hydrogens is 251 g/mol. The minimum absolute atomic E-state index is 0.238. The lowest BCUT2D eigenvalue weighted by Gasteiger charge is -2.32. The van der Waals surface area contributed by atoms with Crippen LogP contribution in [-0.2, 0) is 9.31 Å². The van der Waals surface area contributed by atoms with Crippen molar-refractivity contribution in [3.63, 3.8) is 0 Å².